The SMILES string of the molecule is FC(F)(F)C1(c2cc(Cl)cc(Cl)c2)CC(c2ccc(-n3cncn3)c3ccccc23)=NO1. The predicted molar refractivity (Wildman–Crippen MR) is 115 cm³/mol. The average molecular weight is 477 g/mol. The van der Waals surface area contributed by atoms with Crippen LogP contribution in [-0.4, -0.2) is 26.7 Å². The largest absolute Gasteiger partial charge is 0.435 e. The van der Waals surface area contributed by atoms with E-state index in [1.807, 2.05) is 18.2 Å². The molecule has 1 aliphatic rings. The Morgan fingerprint density at radius 1 is 0.969 bits per heavy atom. The first-order valence-corrected chi connectivity index (χ1v) is 10.2. The minimum absolute atomic E-state index is 0.0795. The Morgan fingerprint density at radius 3 is 2.34 bits per heavy atom. The molecule has 3 aromatic carbocycles. The number of aromatic nitrogens is 3. The van der Waals surface area contributed by atoms with E-state index in [0.29, 0.717) is 10.9 Å². The van der Waals surface area contributed by atoms with Crippen molar-refractivity contribution in [3.05, 3.63) is 88.4 Å². The summed E-state index contributed by atoms with van der Waals surface area (Å²) in [6.45, 7) is 0. The van der Waals surface area contributed by atoms with Gasteiger partial charge in [-0.1, -0.05) is 58.7 Å². The van der Waals surface area contributed by atoms with Crippen molar-refractivity contribution in [3.63, 3.8) is 0 Å². The highest BCUT2D eigenvalue weighted by molar-refractivity contribution is 6.34. The molecule has 0 aliphatic carbocycles. The van der Waals surface area contributed by atoms with Gasteiger partial charge < -0.3 is 4.84 Å². The third-order valence-electron chi connectivity index (χ3n) is 5.39. The molecule has 5 nitrogen and oxygen atoms in total. The lowest BCUT2D eigenvalue weighted by Crippen LogP contribution is -2.42. The van der Waals surface area contributed by atoms with Gasteiger partial charge in [0, 0.05) is 33.0 Å². The Bertz CT molecular complexity index is 1340. The molecule has 0 fully saturated rings. The fourth-order valence-corrected chi connectivity index (χ4v) is 4.43. The second kappa shape index (κ2) is 7.50. The minimum atomic E-state index is -4.76. The van der Waals surface area contributed by atoms with Crippen LogP contribution in [-0.2, 0) is 10.4 Å². The van der Waals surface area contributed by atoms with E-state index >= 15 is 0 Å². The molecule has 1 atom stereocenters. The van der Waals surface area contributed by atoms with E-state index in [9.17, 15) is 13.2 Å². The van der Waals surface area contributed by atoms with Gasteiger partial charge in [0.15, 0.2) is 0 Å². The lowest BCUT2D eigenvalue weighted by molar-refractivity contribution is -0.275. The fraction of sp³-hybridized carbons (Fsp3) is 0.136. The maximum Gasteiger partial charge on any atom is 0.435 e. The van der Waals surface area contributed by atoms with Gasteiger partial charge in [0.25, 0.3) is 5.60 Å². The third-order valence-corrected chi connectivity index (χ3v) is 5.83. The molecule has 0 amide bonds. The van der Waals surface area contributed by atoms with E-state index in [-0.39, 0.29) is 21.3 Å². The van der Waals surface area contributed by atoms with Crippen molar-refractivity contribution in [2.45, 2.75) is 18.2 Å². The number of alkyl halides is 3. The summed E-state index contributed by atoms with van der Waals surface area (Å²) in [5, 5.41) is 9.69. The number of hydrogen-bond donors (Lipinski definition) is 0. The molecule has 1 aromatic heterocycles. The molecule has 0 saturated carbocycles. The van der Waals surface area contributed by atoms with Gasteiger partial charge in [0.2, 0.25) is 0 Å². The minimum Gasteiger partial charge on any atom is -0.374 e. The van der Waals surface area contributed by atoms with Crippen LogP contribution in [0.15, 0.2) is 72.4 Å². The molecular weight excluding hydrogens is 464 g/mol. The summed E-state index contributed by atoms with van der Waals surface area (Å²) in [6, 6.07) is 14.6. The Morgan fingerprint density at radius 2 is 1.69 bits per heavy atom. The monoisotopic (exact) mass is 476 g/mol. The van der Waals surface area contributed by atoms with Gasteiger partial charge in [-0.3, -0.25) is 0 Å². The van der Waals surface area contributed by atoms with E-state index < -0.39 is 18.2 Å². The molecule has 4 aromatic rings. The molecule has 0 radical (unpaired) electrons. The van der Waals surface area contributed by atoms with Crippen molar-refractivity contribution in [1.29, 1.82) is 0 Å². The first-order chi connectivity index (χ1) is 15.3. The first-order valence-electron chi connectivity index (χ1n) is 9.44. The van der Waals surface area contributed by atoms with E-state index in [2.05, 4.69) is 15.2 Å². The number of halogens is 5. The van der Waals surface area contributed by atoms with Crippen LogP contribution in [0.3, 0.4) is 0 Å². The topological polar surface area (TPSA) is 52.3 Å². The van der Waals surface area contributed by atoms with Crippen LogP contribution >= 0.6 is 23.2 Å². The Labute approximate surface area is 190 Å². The Kier molecular flexibility index (Phi) is 4.87. The lowest BCUT2D eigenvalue weighted by Gasteiger charge is -2.29. The van der Waals surface area contributed by atoms with Crippen LogP contribution in [0.1, 0.15) is 17.5 Å². The van der Waals surface area contributed by atoms with Crippen LogP contribution in [0.4, 0.5) is 13.2 Å². The number of benzene rings is 3. The normalized spacial score (nSPS) is 18.6. The predicted octanol–water partition coefficient (Wildman–Crippen LogP) is 6.31. The fourth-order valence-electron chi connectivity index (χ4n) is 3.90. The molecule has 0 N–H and O–H groups in total. The number of fused-ring (bicyclic) bond motifs is 1. The summed E-state index contributed by atoms with van der Waals surface area (Å²) in [4.78, 5) is 9.10. The van der Waals surface area contributed by atoms with Gasteiger partial charge in [0.1, 0.15) is 12.7 Å². The van der Waals surface area contributed by atoms with Crippen molar-refractivity contribution in [3.8, 4) is 5.69 Å². The van der Waals surface area contributed by atoms with Crippen molar-refractivity contribution in [2.75, 3.05) is 0 Å². The van der Waals surface area contributed by atoms with Crippen molar-refractivity contribution < 1.29 is 18.0 Å². The van der Waals surface area contributed by atoms with Crippen LogP contribution < -0.4 is 0 Å². The lowest BCUT2D eigenvalue weighted by atomic mass is 9.85. The Hall–Kier alpha value is -3.10. The molecular formula is C22H13Cl2F3N4O. The smallest absolute Gasteiger partial charge is 0.374 e. The second-order valence-corrected chi connectivity index (χ2v) is 8.18. The van der Waals surface area contributed by atoms with Crippen LogP contribution in [0, 0.1) is 0 Å². The molecule has 1 unspecified atom stereocenters. The molecule has 5 rings (SSSR count). The van der Waals surface area contributed by atoms with Crippen molar-refractivity contribution >= 4 is 39.7 Å². The van der Waals surface area contributed by atoms with Crippen LogP contribution in [0.25, 0.3) is 16.5 Å². The third kappa shape index (κ3) is 3.30. The first kappa shape index (κ1) is 20.8. The summed E-state index contributed by atoms with van der Waals surface area (Å²) < 4.78 is 44.5. The van der Waals surface area contributed by atoms with Gasteiger partial charge >= 0.3 is 6.18 Å². The molecule has 0 bridgehead atoms. The zero-order chi connectivity index (χ0) is 22.5. The maximum absolute atomic E-state index is 14.3. The molecule has 1 aliphatic heterocycles. The number of hydrogen-bond acceptors (Lipinski definition) is 4. The zero-order valence-electron chi connectivity index (χ0n) is 16.1. The standard InChI is InChI=1S/C22H13Cl2F3N4O/c23-14-7-13(8-15(24)9-14)21(22(25,26)27)10-19(30-32-21)17-5-6-20(31-12-28-11-29-31)18-4-2-1-3-16(17)18/h1-9,11-12H,10H2. The molecule has 0 spiro atoms. The van der Waals surface area contributed by atoms with E-state index in [0.717, 1.165) is 11.1 Å². The molecule has 0 saturated heterocycles. The molecule has 2 heterocycles. The Balaban J connectivity index is 1.62. The van der Waals surface area contributed by atoms with Crippen LogP contribution in [0.5, 0.6) is 0 Å². The summed E-state index contributed by atoms with van der Waals surface area (Å²) in [5.41, 5.74) is -1.46. The van der Waals surface area contributed by atoms with Gasteiger partial charge in [-0.05, 0) is 29.7 Å². The van der Waals surface area contributed by atoms with Gasteiger partial charge in [0.05, 0.1) is 11.4 Å². The van der Waals surface area contributed by atoms with Crippen molar-refractivity contribution in [2.24, 2.45) is 5.16 Å². The second-order valence-electron chi connectivity index (χ2n) is 7.31. The maximum atomic E-state index is 14.3. The van der Waals surface area contributed by atoms with Crippen LogP contribution in [0.2, 0.25) is 10.0 Å². The van der Waals surface area contributed by atoms with Gasteiger partial charge in [-0.25, -0.2) is 9.67 Å². The van der Waals surface area contributed by atoms with Crippen molar-refractivity contribution in [1.82, 2.24) is 14.8 Å². The summed E-state index contributed by atoms with van der Waals surface area (Å²) in [6.07, 6.45) is -2.33. The highest BCUT2D eigenvalue weighted by Crippen LogP contribution is 2.50. The molecule has 32 heavy (non-hydrogen) atoms. The van der Waals surface area contributed by atoms with E-state index in [1.54, 1.807) is 29.2 Å². The van der Waals surface area contributed by atoms with Gasteiger partial charge in [-0.2, -0.15) is 18.3 Å². The average Bonchev–Trinajstić information content (AvgIpc) is 3.43. The quantitative estimate of drug-likeness (QED) is 0.348. The van der Waals surface area contributed by atoms with E-state index in [1.165, 1.54) is 24.5 Å². The number of rotatable bonds is 3. The number of oxime groups is 1. The highest BCUT2D eigenvalue weighted by Gasteiger charge is 2.62. The van der Waals surface area contributed by atoms with Gasteiger partial charge in [-0.15, -0.1) is 0 Å². The molecule has 162 valence electrons. The zero-order valence-corrected chi connectivity index (χ0v) is 17.7. The number of nitrogens with zero attached hydrogens (tertiary/aromatic N) is 4. The summed E-state index contributed by atoms with van der Waals surface area (Å²) in [7, 11) is 0. The summed E-state index contributed by atoms with van der Waals surface area (Å²) >= 11 is 12.0. The van der Waals surface area contributed by atoms with E-state index in [4.69, 9.17) is 28.0 Å². The highest BCUT2D eigenvalue weighted by atomic mass is 35.5. The molecule has 10 heteroatoms. The summed E-state index contributed by atoms with van der Waals surface area (Å²) in [5.74, 6) is 0.